The molecule has 0 atom stereocenters. The van der Waals surface area contributed by atoms with Crippen LogP contribution in [0.25, 0.3) is 0 Å². The quantitative estimate of drug-likeness (QED) is 0.448. The number of aryl methyl sites for hydroxylation is 2. The number of rotatable bonds is 11. The fourth-order valence-electron chi connectivity index (χ4n) is 2.81. The van der Waals surface area contributed by atoms with Gasteiger partial charge in [-0.2, -0.15) is 0 Å². The number of ether oxygens (including phenoxy) is 1. The molecule has 0 saturated heterocycles. The Morgan fingerprint density at radius 2 is 1.43 bits per heavy atom. The van der Waals surface area contributed by atoms with Gasteiger partial charge in [0.05, 0.1) is 6.61 Å². The SMILES string of the molecule is CCCCCCc1cccc(OCCCCc2ccccc2)c1. The van der Waals surface area contributed by atoms with Crippen LogP contribution in [0.15, 0.2) is 54.6 Å². The van der Waals surface area contributed by atoms with Gasteiger partial charge in [0.2, 0.25) is 0 Å². The molecular weight excluding hydrogens is 280 g/mol. The first-order chi connectivity index (χ1) is 11.4. The Bertz CT molecular complexity index is 533. The molecule has 0 aromatic heterocycles. The highest BCUT2D eigenvalue weighted by molar-refractivity contribution is 5.28. The fraction of sp³-hybridized carbons (Fsp3) is 0.455. The molecule has 0 aliphatic carbocycles. The first kappa shape index (κ1) is 17.6. The summed E-state index contributed by atoms with van der Waals surface area (Å²) in [6, 6.07) is 19.3. The number of hydrogen-bond donors (Lipinski definition) is 0. The molecule has 0 radical (unpaired) electrons. The second-order valence-electron chi connectivity index (χ2n) is 6.25. The van der Waals surface area contributed by atoms with E-state index in [4.69, 9.17) is 4.74 Å². The predicted molar refractivity (Wildman–Crippen MR) is 99.2 cm³/mol. The van der Waals surface area contributed by atoms with Crippen molar-refractivity contribution in [2.45, 2.75) is 58.3 Å². The van der Waals surface area contributed by atoms with E-state index in [1.807, 2.05) is 0 Å². The maximum Gasteiger partial charge on any atom is 0.119 e. The summed E-state index contributed by atoms with van der Waals surface area (Å²) in [5.41, 5.74) is 2.82. The molecule has 2 rings (SSSR count). The van der Waals surface area contributed by atoms with Gasteiger partial charge in [-0.15, -0.1) is 0 Å². The lowest BCUT2D eigenvalue weighted by atomic mass is 10.1. The van der Waals surface area contributed by atoms with E-state index in [-0.39, 0.29) is 0 Å². The van der Waals surface area contributed by atoms with Gasteiger partial charge in [0.1, 0.15) is 5.75 Å². The lowest BCUT2D eigenvalue weighted by Gasteiger charge is -2.08. The molecular formula is C22H30O. The standard InChI is InChI=1S/C22H30O/c1-2-3-4-6-15-21-16-11-17-22(19-21)23-18-10-9-14-20-12-7-5-8-13-20/h5,7-8,11-13,16-17,19H,2-4,6,9-10,14-15,18H2,1H3. The normalized spacial score (nSPS) is 10.7. The molecule has 124 valence electrons. The van der Waals surface area contributed by atoms with E-state index in [0.29, 0.717) is 0 Å². The maximum atomic E-state index is 5.91. The van der Waals surface area contributed by atoms with Crippen LogP contribution in [0, 0.1) is 0 Å². The topological polar surface area (TPSA) is 9.23 Å². The van der Waals surface area contributed by atoms with E-state index in [9.17, 15) is 0 Å². The van der Waals surface area contributed by atoms with Gasteiger partial charge in [-0.3, -0.25) is 0 Å². The van der Waals surface area contributed by atoms with Crippen LogP contribution in [0.1, 0.15) is 56.6 Å². The van der Waals surface area contributed by atoms with Crippen molar-refractivity contribution in [3.8, 4) is 5.75 Å². The van der Waals surface area contributed by atoms with Gasteiger partial charge in [0, 0.05) is 0 Å². The molecule has 0 heterocycles. The minimum atomic E-state index is 0.812. The van der Waals surface area contributed by atoms with Crippen LogP contribution in [0.5, 0.6) is 5.75 Å². The summed E-state index contributed by atoms with van der Waals surface area (Å²) in [6.45, 7) is 3.07. The monoisotopic (exact) mass is 310 g/mol. The fourth-order valence-corrected chi connectivity index (χ4v) is 2.81. The van der Waals surface area contributed by atoms with Crippen molar-refractivity contribution in [3.63, 3.8) is 0 Å². The summed E-state index contributed by atoms with van der Waals surface area (Å²) in [5, 5.41) is 0. The lowest BCUT2D eigenvalue weighted by Crippen LogP contribution is -1.99. The minimum absolute atomic E-state index is 0.812. The molecule has 23 heavy (non-hydrogen) atoms. The summed E-state index contributed by atoms with van der Waals surface area (Å²) in [4.78, 5) is 0. The Hall–Kier alpha value is -1.76. The third kappa shape index (κ3) is 7.36. The Kier molecular flexibility index (Phi) is 8.32. The Morgan fingerprint density at radius 3 is 2.26 bits per heavy atom. The van der Waals surface area contributed by atoms with E-state index >= 15 is 0 Å². The lowest BCUT2D eigenvalue weighted by molar-refractivity contribution is 0.306. The van der Waals surface area contributed by atoms with Crippen LogP contribution < -0.4 is 4.74 Å². The molecule has 0 saturated carbocycles. The van der Waals surface area contributed by atoms with E-state index in [2.05, 4.69) is 61.5 Å². The summed E-state index contributed by atoms with van der Waals surface area (Å²) >= 11 is 0. The summed E-state index contributed by atoms with van der Waals surface area (Å²) < 4.78 is 5.91. The summed E-state index contributed by atoms with van der Waals surface area (Å²) in [5.74, 6) is 1.03. The van der Waals surface area contributed by atoms with Crippen molar-refractivity contribution in [2.75, 3.05) is 6.61 Å². The number of benzene rings is 2. The molecule has 0 aliphatic heterocycles. The zero-order chi connectivity index (χ0) is 16.2. The highest BCUT2D eigenvalue weighted by atomic mass is 16.5. The third-order valence-electron chi connectivity index (χ3n) is 4.19. The van der Waals surface area contributed by atoms with E-state index in [0.717, 1.165) is 25.2 Å². The molecule has 2 aromatic rings. The second kappa shape index (κ2) is 10.9. The van der Waals surface area contributed by atoms with E-state index < -0.39 is 0 Å². The molecule has 1 heteroatoms. The molecule has 1 nitrogen and oxygen atoms in total. The average molecular weight is 310 g/mol. The largest absolute Gasteiger partial charge is 0.494 e. The Labute approximate surface area is 141 Å². The maximum absolute atomic E-state index is 5.91. The van der Waals surface area contributed by atoms with Gasteiger partial charge in [-0.25, -0.2) is 0 Å². The number of unbranched alkanes of at least 4 members (excludes halogenated alkanes) is 4. The van der Waals surface area contributed by atoms with Gasteiger partial charge in [0.15, 0.2) is 0 Å². The highest BCUT2D eigenvalue weighted by Crippen LogP contribution is 2.16. The second-order valence-corrected chi connectivity index (χ2v) is 6.25. The molecule has 0 amide bonds. The van der Waals surface area contributed by atoms with Crippen LogP contribution in [0.4, 0.5) is 0 Å². The molecule has 2 aromatic carbocycles. The van der Waals surface area contributed by atoms with Crippen molar-refractivity contribution >= 4 is 0 Å². The van der Waals surface area contributed by atoms with Crippen molar-refractivity contribution < 1.29 is 4.74 Å². The van der Waals surface area contributed by atoms with Crippen molar-refractivity contribution in [1.82, 2.24) is 0 Å². The van der Waals surface area contributed by atoms with E-state index in [1.54, 1.807) is 0 Å². The van der Waals surface area contributed by atoms with Crippen LogP contribution in [0.2, 0.25) is 0 Å². The van der Waals surface area contributed by atoms with Crippen LogP contribution in [-0.2, 0) is 12.8 Å². The molecule has 0 unspecified atom stereocenters. The highest BCUT2D eigenvalue weighted by Gasteiger charge is 1.98. The van der Waals surface area contributed by atoms with Gasteiger partial charge < -0.3 is 4.74 Å². The summed E-state index contributed by atoms with van der Waals surface area (Å²) in [7, 11) is 0. The molecule has 0 bridgehead atoms. The first-order valence-corrected chi connectivity index (χ1v) is 9.14. The predicted octanol–water partition coefficient (Wildman–Crippen LogP) is 6.21. The smallest absolute Gasteiger partial charge is 0.119 e. The first-order valence-electron chi connectivity index (χ1n) is 9.14. The van der Waals surface area contributed by atoms with Gasteiger partial charge in [-0.05, 0) is 55.4 Å². The average Bonchev–Trinajstić information content (AvgIpc) is 2.60. The van der Waals surface area contributed by atoms with Gasteiger partial charge in [0.25, 0.3) is 0 Å². The summed E-state index contributed by atoms with van der Waals surface area (Å²) in [6.07, 6.45) is 9.86. The van der Waals surface area contributed by atoms with Crippen molar-refractivity contribution in [1.29, 1.82) is 0 Å². The Balaban J connectivity index is 1.63. The van der Waals surface area contributed by atoms with Gasteiger partial charge in [-0.1, -0.05) is 68.7 Å². The van der Waals surface area contributed by atoms with Crippen LogP contribution >= 0.6 is 0 Å². The molecule has 0 fully saturated rings. The van der Waals surface area contributed by atoms with Crippen molar-refractivity contribution in [3.05, 3.63) is 65.7 Å². The van der Waals surface area contributed by atoms with Crippen molar-refractivity contribution in [2.24, 2.45) is 0 Å². The Morgan fingerprint density at radius 1 is 0.696 bits per heavy atom. The third-order valence-corrected chi connectivity index (χ3v) is 4.19. The number of hydrogen-bond acceptors (Lipinski definition) is 1. The molecule has 0 N–H and O–H groups in total. The zero-order valence-corrected chi connectivity index (χ0v) is 14.5. The van der Waals surface area contributed by atoms with Gasteiger partial charge >= 0.3 is 0 Å². The molecule has 0 aliphatic rings. The van der Waals surface area contributed by atoms with Crippen LogP contribution in [-0.4, -0.2) is 6.61 Å². The van der Waals surface area contributed by atoms with E-state index in [1.165, 1.54) is 49.7 Å². The van der Waals surface area contributed by atoms with Crippen LogP contribution in [0.3, 0.4) is 0 Å². The minimum Gasteiger partial charge on any atom is -0.494 e. The molecule has 0 spiro atoms. The zero-order valence-electron chi connectivity index (χ0n) is 14.5.